The Kier molecular flexibility index (Phi) is 6.82. The molecule has 0 radical (unpaired) electrons. The number of anilines is 1. The summed E-state index contributed by atoms with van der Waals surface area (Å²) in [7, 11) is 1.36. The van der Waals surface area contributed by atoms with Gasteiger partial charge in [-0.2, -0.15) is 0 Å². The average molecular weight is 478 g/mol. The topological polar surface area (TPSA) is 81.0 Å². The highest BCUT2D eigenvalue weighted by Gasteiger charge is 2.15. The first-order valence-corrected chi connectivity index (χ1v) is 10.9. The molecule has 1 aromatic heterocycles. The molecule has 0 aliphatic carbocycles. The predicted molar refractivity (Wildman–Crippen MR) is 134 cm³/mol. The lowest BCUT2D eigenvalue weighted by Gasteiger charge is -2.06. The van der Waals surface area contributed by atoms with Gasteiger partial charge in [0, 0.05) is 28.4 Å². The number of rotatable bonds is 6. The molecule has 0 atom stereocenters. The molecule has 0 aliphatic rings. The van der Waals surface area contributed by atoms with Gasteiger partial charge in [-0.05, 0) is 59.7 Å². The van der Waals surface area contributed by atoms with Crippen LogP contribution in [0, 0.1) is 0 Å². The number of hydrogen-bond donors (Lipinski definition) is 2. The van der Waals surface area contributed by atoms with Crippen LogP contribution in [-0.4, -0.2) is 23.0 Å². The molecule has 0 bridgehead atoms. The van der Waals surface area contributed by atoms with Crippen molar-refractivity contribution in [3.05, 3.63) is 105 Å². The van der Waals surface area contributed by atoms with Crippen molar-refractivity contribution in [3.63, 3.8) is 0 Å². The Hall–Kier alpha value is -3.54. The van der Waals surface area contributed by atoms with Crippen molar-refractivity contribution in [2.75, 3.05) is 12.8 Å². The van der Waals surface area contributed by atoms with E-state index >= 15 is 0 Å². The number of methoxy groups -OCH3 is 1. The summed E-state index contributed by atoms with van der Waals surface area (Å²) >= 11 is 12.6. The van der Waals surface area contributed by atoms with Gasteiger partial charge in [-0.25, -0.2) is 9.78 Å². The summed E-state index contributed by atoms with van der Waals surface area (Å²) in [6.45, 7) is 0. The van der Waals surface area contributed by atoms with Crippen molar-refractivity contribution < 1.29 is 9.53 Å². The number of carbonyl (C=O) groups is 1. The molecule has 7 heteroatoms. The number of H-pyrrole nitrogens is 1. The van der Waals surface area contributed by atoms with Gasteiger partial charge < -0.3 is 15.5 Å². The second-order valence-corrected chi connectivity index (χ2v) is 8.28. The largest absolute Gasteiger partial charge is 0.465 e. The van der Waals surface area contributed by atoms with Crippen molar-refractivity contribution >= 4 is 47.0 Å². The van der Waals surface area contributed by atoms with E-state index in [-0.39, 0.29) is 5.97 Å². The van der Waals surface area contributed by atoms with E-state index in [1.165, 1.54) is 7.11 Å². The number of carbonyl (C=O) groups excluding carboxylic acids is 1. The van der Waals surface area contributed by atoms with Crippen LogP contribution in [0.4, 0.5) is 5.69 Å². The summed E-state index contributed by atoms with van der Waals surface area (Å²) in [6, 6.07) is 20.2. The predicted octanol–water partition coefficient (Wildman–Crippen LogP) is 6.51. The van der Waals surface area contributed by atoms with Crippen molar-refractivity contribution in [2.45, 2.75) is 6.42 Å². The van der Waals surface area contributed by atoms with Gasteiger partial charge in [0.25, 0.3) is 0 Å². The number of nitrogens with two attached hydrogens (primary N) is 1. The molecule has 3 N–H and O–H groups in total. The number of ether oxygens (including phenoxy) is 1. The molecule has 4 rings (SSSR count). The van der Waals surface area contributed by atoms with E-state index in [0.29, 0.717) is 33.5 Å². The summed E-state index contributed by atoms with van der Waals surface area (Å²) in [4.78, 5) is 19.9. The molecule has 5 nitrogen and oxygen atoms in total. The van der Waals surface area contributed by atoms with Crippen molar-refractivity contribution in [2.24, 2.45) is 0 Å². The molecule has 0 fully saturated rings. The van der Waals surface area contributed by atoms with Crippen LogP contribution in [0.15, 0.2) is 66.7 Å². The summed E-state index contributed by atoms with van der Waals surface area (Å²) < 4.78 is 4.77. The molecule has 0 aliphatic heterocycles. The molecule has 4 aromatic rings. The number of esters is 1. The summed E-state index contributed by atoms with van der Waals surface area (Å²) in [5.74, 6) is 0.320. The Morgan fingerprint density at radius 1 is 1.03 bits per heavy atom. The molecule has 0 saturated heterocycles. The minimum Gasteiger partial charge on any atom is -0.465 e. The quantitative estimate of drug-likeness (QED) is 0.244. The zero-order chi connectivity index (χ0) is 23.4. The van der Waals surface area contributed by atoms with Gasteiger partial charge >= 0.3 is 5.97 Å². The molecule has 1 heterocycles. The van der Waals surface area contributed by atoms with Crippen molar-refractivity contribution in [1.82, 2.24) is 9.97 Å². The van der Waals surface area contributed by atoms with Crippen LogP contribution in [0.5, 0.6) is 0 Å². The minimum absolute atomic E-state index is 0.369. The maximum Gasteiger partial charge on any atom is 0.337 e. The Balaban J connectivity index is 1.69. The molecule has 0 amide bonds. The maximum absolute atomic E-state index is 11.7. The number of imidazole rings is 1. The average Bonchev–Trinajstić information content (AvgIpc) is 3.21. The van der Waals surface area contributed by atoms with E-state index < -0.39 is 0 Å². The Morgan fingerprint density at radius 3 is 2.42 bits per heavy atom. The van der Waals surface area contributed by atoms with Crippen molar-refractivity contribution in [3.8, 4) is 11.3 Å². The van der Waals surface area contributed by atoms with E-state index in [0.717, 1.165) is 28.1 Å². The van der Waals surface area contributed by atoms with Gasteiger partial charge in [-0.15, -0.1) is 0 Å². The number of aromatic amines is 1. The van der Waals surface area contributed by atoms with E-state index in [9.17, 15) is 4.79 Å². The highest BCUT2D eigenvalue weighted by molar-refractivity contribution is 6.36. The van der Waals surface area contributed by atoms with Crippen LogP contribution in [0.2, 0.25) is 10.0 Å². The monoisotopic (exact) mass is 477 g/mol. The smallest absolute Gasteiger partial charge is 0.337 e. The van der Waals surface area contributed by atoms with Crippen LogP contribution < -0.4 is 5.73 Å². The Bertz CT molecular complexity index is 1310. The Labute approximate surface area is 201 Å². The second-order valence-electron chi connectivity index (χ2n) is 7.44. The minimum atomic E-state index is -0.369. The number of hydrogen-bond acceptors (Lipinski definition) is 4. The SMILES string of the molecule is COC(=O)c1ccc(Cc2[nH]c(C=Cc3ccc(N)cc3)nc2-c2ccc(Cl)cc2Cl)cc1. The maximum atomic E-state index is 11.7. The van der Waals surface area contributed by atoms with Gasteiger partial charge in [0.05, 0.1) is 23.4 Å². The number of nitrogen functional groups attached to an aromatic ring is 1. The highest BCUT2D eigenvalue weighted by atomic mass is 35.5. The normalized spacial score (nSPS) is 11.1. The fraction of sp³-hybridized carbons (Fsp3) is 0.0769. The third kappa shape index (κ3) is 5.45. The Morgan fingerprint density at radius 2 is 1.76 bits per heavy atom. The number of nitrogens with zero attached hydrogens (tertiary/aromatic N) is 1. The number of nitrogens with one attached hydrogen (secondary N) is 1. The summed E-state index contributed by atoms with van der Waals surface area (Å²) in [5.41, 5.74) is 11.4. The molecule has 3 aromatic carbocycles. The molecule has 33 heavy (non-hydrogen) atoms. The van der Waals surface area contributed by atoms with Crippen molar-refractivity contribution in [1.29, 1.82) is 0 Å². The fourth-order valence-electron chi connectivity index (χ4n) is 3.40. The zero-order valence-corrected chi connectivity index (χ0v) is 19.3. The second kappa shape index (κ2) is 9.94. The fourth-order valence-corrected chi connectivity index (χ4v) is 3.90. The van der Waals surface area contributed by atoms with Gasteiger partial charge in [-0.1, -0.05) is 53.5 Å². The van der Waals surface area contributed by atoms with E-state index in [1.54, 1.807) is 24.3 Å². The van der Waals surface area contributed by atoms with E-state index in [1.807, 2.05) is 54.6 Å². The number of aromatic nitrogens is 2. The molecule has 0 spiro atoms. The third-order valence-corrected chi connectivity index (χ3v) is 5.66. The molecular formula is C26H21Cl2N3O2. The number of benzene rings is 3. The van der Waals surface area contributed by atoms with Crippen LogP contribution in [-0.2, 0) is 11.2 Å². The van der Waals surface area contributed by atoms with E-state index in [2.05, 4.69) is 4.98 Å². The lowest BCUT2D eigenvalue weighted by molar-refractivity contribution is 0.0600. The van der Waals surface area contributed by atoms with Gasteiger partial charge in [0.15, 0.2) is 0 Å². The summed E-state index contributed by atoms with van der Waals surface area (Å²) in [5, 5.41) is 1.08. The molecule has 0 unspecified atom stereocenters. The zero-order valence-electron chi connectivity index (χ0n) is 17.8. The van der Waals surface area contributed by atoms with Crippen LogP contribution in [0.3, 0.4) is 0 Å². The first-order valence-electron chi connectivity index (χ1n) is 10.2. The first kappa shape index (κ1) is 22.6. The van der Waals surface area contributed by atoms with Crippen LogP contribution in [0.1, 0.15) is 33.0 Å². The first-order chi connectivity index (χ1) is 15.9. The lowest BCUT2D eigenvalue weighted by Crippen LogP contribution is -2.01. The van der Waals surface area contributed by atoms with Gasteiger partial charge in [0.2, 0.25) is 0 Å². The van der Waals surface area contributed by atoms with Gasteiger partial charge in [-0.3, -0.25) is 0 Å². The molecular weight excluding hydrogens is 457 g/mol. The van der Waals surface area contributed by atoms with Crippen LogP contribution in [0.25, 0.3) is 23.4 Å². The van der Waals surface area contributed by atoms with Crippen LogP contribution >= 0.6 is 23.2 Å². The highest BCUT2D eigenvalue weighted by Crippen LogP contribution is 2.32. The summed E-state index contributed by atoms with van der Waals surface area (Å²) in [6.07, 6.45) is 4.43. The van der Waals surface area contributed by atoms with E-state index in [4.69, 9.17) is 38.7 Å². The standard InChI is InChI=1S/C26H21Cl2N3O2/c1-33-26(32)18-7-2-17(3-8-18)14-23-25(21-12-9-19(27)15-22(21)28)31-24(30-23)13-6-16-4-10-20(29)11-5-16/h2-13,15H,14,29H2,1H3,(H,30,31). The lowest BCUT2D eigenvalue weighted by atomic mass is 10.0. The molecule has 0 saturated carbocycles. The van der Waals surface area contributed by atoms with Gasteiger partial charge in [0.1, 0.15) is 5.82 Å². The third-order valence-electron chi connectivity index (χ3n) is 5.11. The molecule has 166 valence electrons. The number of halogens is 2.